The van der Waals surface area contributed by atoms with Crippen molar-refractivity contribution in [2.24, 2.45) is 0 Å². The first-order chi connectivity index (χ1) is 14.6. The SMILES string of the molecule is O=C(Cn1cc(C(=O)COc2ccccc2)c2ccccc21)Nc1ccc(Cl)cc1. The number of carbonyl (C=O) groups is 2. The number of halogens is 1. The van der Waals surface area contributed by atoms with Gasteiger partial charge >= 0.3 is 0 Å². The molecule has 0 aliphatic carbocycles. The Hall–Kier alpha value is -3.57. The highest BCUT2D eigenvalue weighted by Crippen LogP contribution is 2.23. The molecule has 150 valence electrons. The van der Waals surface area contributed by atoms with Gasteiger partial charge in [-0.3, -0.25) is 9.59 Å². The quantitative estimate of drug-likeness (QED) is 0.420. The molecule has 0 fully saturated rings. The normalized spacial score (nSPS) is 10.7. The minimum atomic E-state index is -0.197. The molecule has 3 aromatic carbocycles. The molecule has 0 unspecified atom stereocenters. The fourth-order valence-electron chi connectivity index (χ4n) is 3.23. The molecule has 0 aliphatic rings. The van der Waals surface area contributed by atoms with Gasteiger partial charge in [0.1, 0.15) is 12.3 Å². The van der Waals surface area contributed by atoms with Crippen molar-refractivity contribution >= 4 is 39.9 Å². The third-order valence-corrected chi connectivity index (χ3v) is 4.90. The number of fused-ring (bicyclic) bond motifs is 1. The van der Waals surface area contributed by atoms with Crippen molar-refractivity contribution in [2.45, 2.75) is 6.54 Å². The number of para-hydroxylation sites is 2. The Morgan fingerprint density at radius 3 is 2.37 bits per heavy atom. The maximum atomic E-state index is 12.8. The van der Waals surface area contributed by atoms with Gasteiger partial charge in [-0.15, -0.1) is 0 Å². The Bertz CT molecular complexity index is 1180. The van der Waals surface area contributed by atoms with Crippen LogP contribution in [0.25, 0.3) is 10.9 Å². The number of carbonyl (C=O) groups excluding carboxylic acids is 2. The Morgan fingerprint density at radius 1 is 0.900 bits per heavy atom. The van der Waals surface area contributed by atoms with E-state index < -0.39 is 0 Å². The molecule has 0 bridgehead atoms. The zero-order chi connectivity index (χ0) is 20.9. The summed E-state index contributed by atoms with van der Waals surface area (Å²) in [5.74, 6) is 0.293. The van der Waals surface area contributed by atoms with Crippen LogP contribution in [0.2, 0.25) is 5.02 Å². The molecule has 30 heavy (non-hydrogen) atoms. The van der Waals surface area contributed by atoms with Crippen molar-refractivity contribution in [3.63, 3.8) is 0 Å². The van der Waals surface area contributed by atoms with Crippen molar-refractivity contribution in [2.75, 3.05) is 11.9 Å². The summed E-state index contributed by atoms with van der Waals surface area (Å²) in [5.41, 5.74) is 2.00. The predicted octanol–water partition coefficient (Wildman–Crippen LogP) is 5.20. The van der Waals surface area contributed by atoms with Crippen LogP contribution in [0.3, 0.4) is 0 Å². The third-order valence-electron chi connectivity index (χ3n) is 4.64. The average Bonchev–Trinajstić information content (AvgIpc) is 3.13. The molecule has 4 aromatic rings. The second-order valence-corrected chi connectivity index (χ2v) is 7.20. The van der Waals surface area contributed by atoms with E-state index in [4.69, 9.17) is 16.3 Å². The number of hydrogen-bond donors (Lipinski definition) is 1. The first-order valence-corrected chi connectivity index (χ1v) is 9.82. The van der Waals surface area contributed by atoms with Gasteiger partial charge in [-0.1, -0.05) is 48.0 Å². The number of ether oxygens (including phenoxy) is 1. The van der Waals surface area contributed by atoms with Crippen LogP contribution < -0.4 is 10.1 Å². The van der Waals surface area contributed by atoms with E-state index in [0.29, 0.717) is 22.0 Å². The second-order valence-electron chi connectivity index (χ2n) is 6.77. The molecule has 1 amide bonds. The monoisotopic (exact) mass is 418 g/mol. The summed E-state index contributed by atoms with van der Waals surface area (Å²) in [6.45, 7) is 0.00491. The van der Waals surface area contributed by atoms with Crippen LogP contribution in [0.5, 0.6) is 5.75 Å². The molecule has 0 saturated carbocycles. The van der Waals surface area contributed by atoms with E-state index in [1.54, 1.807) is 47.2 Å². The predicted molar refractivity (Wildman–Crippen MR) is 118 cm³/mol. The van der Waals surface area contributed by atoms with Crippen molar-refractivity contribution in [3.8, 4) is 5.75 Å². The number of nitrogens with one attached hydrogen (secondary N) is 1. The number of benzene rings is 3. The third kappa shape index (κ3) is 4.53. The summed E-state index contributed by atoms with van der Waals surface area (Å²) in [5, 5.41) is 4.23. The smallest absolute Gasteiger partial charge is 0.244 e. The van der Waals surface area contributed by atoms with Crippen molar-refractivity contribution in [3.05, 3.63) is 95.6 Å². The van der Waals surface area contributed by atoms with Crippen LogP contribution in [0.15, 0.2) is 85.1 Å². The van der Waals surface area contributed by atoms with Gasteiger partial charge in [0.2, 0.25) is 11.7 Å². The molecule has 0 atom stereocenters. The minimum absolute atomic E-state index is 0.0744. The fourth-order valence-corrected chi connectivity index (χ4v) is 3.36. The maximum absolute atomic E-state index is 12.8. The molecule has 6 heteroatoms. The number of Topliss-reactive ketones (excluding diaryl/α,β-unsaturated/α-hetero) is 1. The van der Waals surface area contributed by atoms with Crippen molar-refractivity contribution in [1.29, 1.82) is 0 Å². The van der Waals surface area contributed by atoms with Crippen LogP contribution in [-0.2, 0) is 11.3 Å². The summed E-state index contributed by atoms with van der Waals surface area (Å²) in [6.07, 6.45) is 1.71. The largest absolute Gasteiger partial charge is 0.485 e. The average molecular weight is 419 g/mol. The van der Waals surface area contributed by atoms with Gasteiger partial charge in [-0.25, -0.2) is 0 Å². The summed E-state index contributed by atoms with van der Waals surface area (Å²) in [7, 11) is 0. The van der Waals surface area contributed by atoms with E-state index in [-0.39, 0.29) is 24.8 Å². The standard InChI is InChI=1S/C24H19ClN2O3/c25-17-10-12-18(13-11-17)26-24(29)15-27-14-21(20-8-4-5-9-22(20)27)23(28)16-30-19-6-2-1-3-7-19/h1-14H,15-16H2,(H,26,29). The number of rotatable bonds is 7. The minimum Gasteiger partial charge on any atom is -0.485 e. The topological polar surface area (TPSA) is 60.3 Å². The Labute approximate surface area is 178 Å². The first kappa shape index (κ1) is 19.7. The molecule has 0 spiro atoms. The number of ketones is 1. The van der Waals surface area contributed by atoms with E-state index in [2.05, 4.69) is 5.32 Å². The number of anilines is 1. The number of nitrogens with zero attached hydrogens (tertiary/aromatic N) is 1. The van der Waals surface area contributed by atoms with Gasteiger partial charge in [-0.05, 0) is 42.5 Å². The van der Waals surface area contributed by atoms with Gasteiger partial charge in [0.15, 0.2) is 6.61 Å². The summed E-state index contributed by atoms with van der Waals surface area (Å²) in [4.78, 5) is 25.3. The first-order valence-electron chi connectivity index (χ1n) is 9.44. The zero-order valence-corrected chi connectivity index (χ0v) is 16.8. The molecule has 1 heterocycles. The van der Waals surface area contributed by atoms with Crippen LogP contribution >= 0.6 is 11.6 Å². The lowest BCUT2D eigenvalue weighted by atomic mass is 10.1. The molecule has 5 nitrogen and oxygen atoms in total. The van der Waals surface area contributed by atoms with E-state index >= 15 is 0 Å². The molecule has 0 aliphatic heterocycles. The Kier molecular flexibility index (Phi) is 5.82. The second kappa shape index (κ2) is 8.84. The zero-order valence-electron chi connectivity index (χ0n) is 16.0. The molecule has 4 rings (SSSR count). The van der Waals surface area contributed by atoms with E-state index in [0.717, 1.165) is 10.9 Å². The van der Waals surface area contributed by atoms with E-state index in [9.17, 15) is 9.59 Å². The summed E-state index contributed by atoms with van der Waals surface area (Å²) >= 11 is 5.88. The van der Waals surface area contributed by atoms with Crippen LogP contribution in [0.1, 0.15) is 10.4 Å². The van der Waals surface area contributed by atoms with Crippen molar-refractivity contribution in [1.82, 2.24) is 4.57 Å². The molecular formula is C24H19ClN2O3. The van der Waals surface area contributed by atoms with Crippen LogP contribution in [-0.4, -0.2) is 22.9 Å². The molecule has 1 aromatic heterocycles. The lowest BCUT2D eigenvalue weighted by molar-refractivity contribution is -0.116. The highest BCUT2D eigenvalue weighted by molar-refractivity contribution is 6.30. The molecule has 1 N–H and O–H groups in total. The lowest BCUT2D eigenvalue weighted by Crippen LogP contribution is -2.18. The maximum Gasteiger partial charge on any atom is 0.244 e. The van der Waals surface area contributed by atoms with E-state index in [1.807, 2.05) is 42.5 Å². The molecule has 0 radical (unpaired) electrons. The van der Waals surface area contributed by atoms with E-state index in [1.165, 1.54) is 0 Å². The summed E-state index contributed by atoms with van der Waals surface area (Å²) < 4.78 is 7.38. The van der Waals surface area contributed by atoms with Gasteiger partial charge in [-0.2, -0.15) is 0 Å². The van der Waals surface area contributed by atoms with Crippen LogP contribution in [0.4, 0.5) is 5.69 Å². The van der Waals surface area contributed by atoms with Gasteiger partial charge in [0.05, 0.1) is 0 Å². The highest BCUT2D eigenvalue weighted by Gasteiger charge is 2.17. The highest BCUT2D eigenvalue weighted by atomic mass is 35.5. The summed E-state index contributed by atoms with van der Waals surface area (Å²) in [6, 6.07) is 23.6. The Balaban J connectivity index is 1.52. The number of amides is 1. The fraction of sp³-hybridized carbons (Fsp3) is 0.0833. The van der Waals surface area contributed by atoms with Crippen LogP contribution in [0, 0.1) is 0 Å². The number of aromatic nitrogens is 1. The van der Waals surface area contributed by atoms with Gasteiger partial charge < -0.3 is 14.6 Å². The van der Waals surface area contributed by atoms with Crippen molar-refractivity contribution < 1.29 is 14.3 Å². The molecular weight excluding hydrogens is 400 g/mol. The lowest BCUT2D eigenvalue weighted by Gasteiger charge is -2.07. The van der Waals surface area contributed by atoms with Gasteiger partial charge in [0, 0.05) is 33.4 Å². The number of hydrogen-bond acceptors (Lipinski definition) is 3. The van der Waals surface area contributed by atoms with Gasteiger partial charge in [0.25, 0.3) is 0 Å². The Morgan fingerprint density at radius 2 is 1.60 bits per heavy atom. The molecule has 0 saturated heterocycles.